The van der Waals surface area contributed by atoms with E-state index in [2.05, 4.69) is 24.1 Å². The molecule has 190 valence electrons. The molecule has 1 saturated heterocycles. The van der Waals surface area contributed by atoms with E-state index in [-0.39, 0.29) is 18.3 Å². The highest BCUT2D eigenvalue weighted by molar-refractivity contribution is 7.15. The minimum Gasteiger partial charge on any atom is -0.491 e. The fraction of sp³-hybridized carbons (Fsp3) is 0.417. The molecule has 1 atom stereocenters. The number of amides is 1. The largest absolute Gasteiger partial charge is 0.491 e. The Morgan fingerprint density at radius 2 is 2.09 bits per heavy atom. The number of thiazole rings is 1. The minimum absolute atomic E-state index is 0.00506. The summed E-state index contributed by atoms with van der Waals surface area (Å²) in [7, 11) is 0. The first-order valence-corrected chi connectivity index (χ1v) is 12.0. The topological polar surface area (TPSA) is 112 Å². The van der Waals surface area contributed by atoms with E-state index in [0.717, 1.165) is 34.4 Å². The van der Waals surface area contributed by atoms with Crippen molar-refractivity contribution in [2.75, 3.05) is 19.8 Å². The molecule has 0 aliphatic carbocycles. The molecular formula is C24H29F3N4O3S. The van der Waals surface area contributed by atoms with Gasteiger partial charge in [0.05, 0.1) is 12.6 Å². The number of nitrogens with zero attached hydrogens (tertiary/aromatic N) is 1. The summed E-state index contributed by atoms with van der Waals surface area (Å²) in [5, 5.41) is 3.35. The number of carbonyl (C=O) groups is 1. The molecule has 0 spiro atoms. The number of ether oxygens (including phenoxy) is 2. The van der Waals surface area contributed by atoms with Crippen LogP contribution in [-0.2, 0) is 4.74 Å². The molecule has 1 amide bonds. The normalized spacial score (nSPS) is 17.1. The Balaban J connectivity index is 1.77. The first-order valence-electron chi connectivity index (χ1n) is 11.2. The standard InChI is InChI=1S/C24H29F3N4O3S/c1-14(2)20-12-31-23(35-20)16-8-15(9-19(10-16)34-13-18-4-3-7-33-18)22(32)30-11-17(28)5-6-21(29)24(25,26)27/h5-6,8-10,12,14,18H,3-4,7,11,13,28-29H2,1-2H3,(H,30,32)/b17-5-,21-6-/t18-/m1/s1. The van der Waals surface area contributed by atoms with Gasteiger partial charge in [0.1, 0.15) is 23.1 Å². The third-order valence-electron chi connectivity index (χ3n) is 5.23. The van der Waals surface area contributed by atoms with Crippen LogP contribution in [0.1, 0.15) is 47.8 Å². The summed E-state index contributed by atoms with van der Waals surface area (Å²) in [6, 6.07) is 5.12. The van der Waals surface area contributed by atoms with Gasteiger partial charge >= 0.3 is 6.18 Å². The van der Waals surface area contributed by atoms with E-state index in [0.29, 0.717) is 36.5 Å². The van der Waals surface area contributed by atoms with E-state index >= 15 is 0 Å². The number of hydrogen-bond donors (Lipinski definition) is 3. The van der Waals surface area contributed by atoms with E-state index in [1.807, 2.05) is 12.3 Å². The summed E-state index contributed by atoms with van der Waals surface area (Å²) in [6.45, 7) is 5.06. The Bertz CT molecular complexity index is 1090. The maximum absolute atomic E-state index is 12.8. The van der Waals surface area contributed by atoms with Gasteiger partial charge < -0.3 is 26.3 Å². The number of allylic oxidation sites excluding steroid dienone is 3. The zero-order chi connectivity index (χ0) is 25.6. The SMILES string of the molecule is CC(C)c1cnc(-c2cc(OC[C@H]3CCCO3)cc(C(=O)NC/C(N)=C/C=C(\N)C(F)(F)F)c2)s1. The van der Waals surface area contributed by atoms with Crippen molar-refractivity contribution in [3.05, 3.63) is 58.4 Å². The molecule has 1 aliphatic heterocycles. The quantitative estimate of drug-likeness (QED) is 0.429. The fourth-order valence-corrected chi connectivity index (χ4v) is 4.13. The van der Waals surface area contributed by atoms with Gasteiger partial charge in [0.25, 0.3) is 5.91 Å². The second kappa shape index (κ2) is 11.6. The Kier molecular flexibility index (Phi) is 8.79. The molecule has 0 radical (unpaired) electrons. The second-order valence-corrected chi connectivity index (χ2v) is 9.52. The second-order valence-electron chi connectivity index (χ2n) is 8.46. The van der Waals surface area contributed by atoms with Crippen LogP contribution in [0.15, 0.2) is 47.9 Å². The zero-order valence-corrected chi connectivity index (χ0v) is 20.3. The number of nitrogens with two attached hydrogens (primary N) is 2. The molecule has 1 aliphatic rings. The highest BCUT2D eigenvalue weighted by atomic mass is 32.1. The maximum Gasteiger partial charge on any atom is 0.430 e. The van der Waals surface area contributed by atoms with Crippen molar-refractivity contribution in [2.45, 2.75) is 44.9 Å². The van der Waals surface area contributed by atoms with Crippen molar-refractivity contribution in [2.24, 2.45) is 11.5 Å². The van der Waals surface area contributed by atoms with Gasteiger partial charge in [-0.15, -0.1) is 11.3 Å². The molecule has 2 heterocycles. The van der Waals surface area contributed by atoms with Crippen LogP contribution in [0.2, 0.25) is 0 Å². The van der Waals surface area contributed by atoms with Crippen molar-refractivity contribution in [3.8, 4) is 16.3 Å². The van der Waals surface area contributed by atoms with Gasteiger partial charge in [-0.3, -0.25) is 4.79 Å². The third-order valence-corrected chi connectivity index (χ3v) is 6.57. The highest BCUT2D eigenvalue weighted by Crippen LogP contribution is 2.32. The van der Waals surface area contributed by atoms with Crippen LogP contribution in [-0.4, -0.2) is 42.9 Å². The number of carbonyl (C=O) groups excluding carboxylic acids is 1. The van der Waals surface area contributed by atoms with Gasteiger partial charge in [0.15, 0.2) is 0 Å². The predicted octanol–water partition coefficient (Wildman–Crippen LogP) is 4.47. The molecule has 5 N–H and O–H groups in total. The lowest BCUT2D eigenvalue weighted by Crippen LogP contribution is -2.28. The number of aromatic nitrogens is 1. The van der Waals surface area contributed by atoms with Crippen molar-refractivity contribution >= 4 is 17.2 Å². The smallest absolute Gasteiger partial charge is 0.430 e. The summed E-state index contributed by atoms with van der Waals surface area (Å²) >= 11 is 1.53. The summed E-state index contributed by atoms with van der Waals surface area (Å²) in [4.78, 5) is 18.4. The summed E-state index contributed by atoms with van der Waals surface area (Å²) in [5.74, 6) is 0.352. The lowest BCUT2D eigenvalue weighted by Gasteiger charge is -2.14. The molecule has 1 fully saturated rings. The molecule has 0 bridgehead atoms. The summed E-state index contributed by atoms with van der Waals surface area (Å²) < 4.78 is 49.0. The van der Waals surface area contributed by atoms with E-state index < -0.39 is 17.8 Å². The molecule has 11 heteroatoms. The van der Waals surface area contributed by atoms with Crippen molar-refractivity contribution < 1.29 is 27.4 Å². The molecule has 0 saturated carbocycles. The first-order chi connectivity index (χ1) is 16.5. The van der Waals surface area contributed by atoms with Crippen molar-refractivity contribution in [3.63, 3.8) is 0 Å². The molecule has 3 rings (SSSR count). The maximum atomic E-state index is 12.8. The lowest BCUT2D eigenvalue weighted by atomic mass is 10.1. The van der Waals surface area contributed by atoms with Crippen LogP contribution in [0.25, 0.3) is 10.6 Å². The van der Waals surface area contributed by atoms with E-state index in [1.165, 1.54) is 11.3 Å². The van der Waals surface area contributed by atoms with E-state index in [1.54, 1.807) is 12.1 Å². The molecule has 1 aromatic heterocycles. The number of benzene rings is 1. The number of nitrogens with one attached hydrogen (secondary N) is 1. The van der Waals surface area contributed by atoms with Crippen LogP contribution in [0.3, 0.4) is 0 Å². The van der Waals surface area contributed by atoms with Gasteiger partial charge in [0, 0.05) is 34.5 Å². The van der Waals surface area contributed by atoms with Crippen molar-refractivity contribution in [1.82, 2.24) is 10.3 Å². The van der Waals surface area contributed by atoms with Gasteiger partial charge in [-0.25, -0.2) is 4.98 Å². The Labute approximate surface area is 206 Å². The summed E-state index contributed by atoms with van der Waals surface area (Å²) in [5.41, 5.74) is 10.4. The number of halogens is 3. The molecule has 35 heavy (non-hydrogen) atoms. The molecular weight excluding hydrogens is 481 g/mol. The average Bonchev–Trinajstić information content (AvgIpc) is 3.51. The molecule has 0 unspecified atom stereocenters. The number of hydrogen-bond acceptors (Lipinski definition) is 7. The number of alkyl halides is 3. The van der Waals surface area contributed by atoms with Gasteiger partial charge in [-0.05, 0) is 49.1 Å². The minimum atomic E-state index is -4.65. The van der Waals surface area contributed by atoms with Crippen molar-refractivity contribution in [1.29, 1.82) is 0 Å². The summed E-state index contributed by atoms with van der Waals surface area (Å²) in [6.07, 6.45) is 0.743. The Hall–Kier alpha value is -3.05. The first kappa shape index (κ1) is 26.6. The van der Waals surface area contributed by atoms with Gasteiger partial charge in [-0.2, -0.15) is 13.2 Å². The van der Waals surface area contributed by atoms with Gasteiger partial charge in [0.2, 0.25) is 0 Å². The van der Waals surface area contributed by atoms with Gasteiger partial charge in [-0.1, -0.05) is 13.8 Å². The predicted molar refractivity (Wildman–Crippen MR) is 129 cm³/mol. The average molecular weight is 511 g/mol. The third kappa shape index (κ3) is 7.72. The van der Waals surface area contributed by atoms with Crippen LogP contribution in [0, 0.1) is 0 Å². The lowest BCUT2D eigenvalue weighted by molar-refractivity contribution is -0.0926. The monoisotopic (exact) mass is 510 g/mol. The van der Waals surface area contributed by atoms with E-state index in [9.17, 15) is 18.0 Å². The number of rotatable bonds is 9. The zero-order valence-electron chi connectivity index (χ0n) is 19.5. The van der Waals surface area contributed by atoms with Crippen LogP contribution >= 0.6 is 11.3 Å². The Morgan fingerprint density at radius 3 is 2.71 bits per heavy atom. The molecule has 7 nitrogen and oxygen atoms in total. The Morgan fingerprint density at radius 1 is 1.31 bits per heavy atom. The molecule has 2 aromatic rings. The van der Waals surface area contributed by atoms with Crippen LogP contribution in [0.5, 0.6) is 5.75 Å². The molecule has 1 aromatic carbocycles. The van der Waals surface area contributed by atoms with E-state index in [4.69, 9.17) is 20.9 Å². The highest BCUT2D eigenvalue weighted by Gasteiger charge is 2.30. The van der Waals surface area contributed by atoms with Crippen LogP contribution < -0.4 is 21.5 Å². The van der Waals surface area contributed by atoms with Crippen LogP contribution in [0.4, 0.5) is 13.2 Å². The fourth-order valence-electron chi connectivity index (χ4n) is 3.22.